The smallest absolute Gasteiger partial charge is 0.0594 e. The van der Waals surface area contributed by atoms with Crippen molar-refractivity contribution in [2.45, 2.75) is 151 Å². The van der Waals surface area contributed by atoms with Crippen LogP contribution in [0.5, 0.6) is 0 Å². The van der Waals surface area contributed by atoms with Gasteiger partial charge in [0.15, 0.2) is 0 Å². The van der Waals surface area contributed by atoms with E-state index in [2.05, 4.69) is 55.1 Å². The Morgan fingerprint density at radius 3 is 0.886 bits per heavy atom. The summed E-state index contributed by atoms with van der Waals surface area (Å²) < 4.78 is 0. The van der Waals surface area contributed by atoms with Gasteiger partial charge in [0.2, 0.25) is 0 Å². The number of rotatable bonds is 23. The Hall–Kier alpha value is 1.63. The van der Waals surface area contributed by atoms with Gasteiger partial charge in [-0.05, 0) is 51.4 Å². The maximum Gasteiger partial charge on any atom is 0.0594 e. The second-order valence-electron chi connectivity index (χ2n) is 11.2. The minimum Gasteiger partial charge on any atom is -1.00 e. The maximum atomic E-state index is 2.62. The first-order valence-electron chi connectivity index (χ1n) is 15.6. The van der Waals surface area contributed by atoms with Crippen LogP contribution in [0.25, 0.3) is 0 Å². The Bertz CT molecular complexity index is 335. The summed E-state index contributed by atoms with van der Waals surface area (Å²) in [5.74, 6) is 0. The highest BCUT2D eigenvalue weighted by molar-refractivity contribution is 7.76. The molecule has 0 spiro atoms. The van der Waals surface area contributed by atoms with Crippen molar-refractivity contribution in [1.29, 1.82) is 0 Å². The Kier molecular flexibility index (Phi) is 39.7. The Morgan fingerprint density at radius 2 is 0.600 bits per heavy atom. The monoisotopic (exact) mass is 618 g/mol. The summed E-state index contributed by atoms with van der Waals surface area (Å²) in [5.41, 5.74) is 0. The quantitative estimate of drug-likeness (QED) is 0.0969. The van der Waals surface area contributed by atoms with Crippen molar-refractivity contribution >= 4 is 14.5 Å². The average Bonchev–Trinajstić information content (AvgIpc) is 2.84. The second kappa shape index (κ2) is 31.8. The molecule has 0 aromatic carbocycles. The molecule has 0 bridgehead atoms. The number of unbranched alkanes of at least 4 members (excludes halogenated alkanes) is 9. The molecule has 0 atom stereocenters. The molecule has 0 unspecified atom stereocenters. The minimum atomic E-state index is -0.586. The topological polar surface area (TPSA) is 0 Å². The van der Waals surface area contributed by atoms with Gasteiger partial charge in [-0.25, -0.2) is 0 Å². The van der Waals surface area contributed by atoms with Crippen LogP contribution in [-0.2, 0) is 0 Å². The molecule has 0 rings (SSSR count). The lowest BCUT2D eigenvalue weighted by molar-refractivity contribution is -0.001000. The van der Waals surface area contributed by atoms with Gasteiger partial charge in [-0.3, -0.25) is 0 Å². The van der Waals surface area contributed by atoms with Crippen LogP contribution in [0.4, 0.5) is 0 Å². The van der Waals surface area contributed by atoms with Gasteiger partial charge in [0.25, 0.3) is 0 Å². The van der Waals surface area contributed by atoms with E-state index in [1.54, 1.807) is 43.1 Å². The molecule has 0 saturated carbocycles. The van der Waals surface area contributed by atoms with Crippen molar-refractivity contribution in [2.75, 3.05) is 49.8 Å². The number of hydrogen-bond donors (Lipinski definition) is 0. The van der Waals surface area contributed by atoms with Crippen LogP contribution >= 0.6 is 14.5 Å². The van der Waals surface area contributed by atoms with Crippen molar-refractivity contribution in [3.63, 3.8) is 0 Å². The zero-order valence-corrected chi connectivity index (χ0v) is 30.0. The fourth-order valence-corrected chi connectivity index (χ4v) is 14.1. The molecule has 0 N–H and O–H groups in total. The molecule has 0 radical (unpaired) electrons. The summed E-state index contributed by atoms with van der Waals surface area (Å²) in [4.78, 5) is 0. The highest BCUT2D eigenvalue weighted by Gasteiger charge is 2.34. The molecular formula is C31H70BrClP2. The zero-order valence-electron chi connectivity index (χ0n) is 25.9. The lowest BCUT2D eigenvalue weighted by Crippen LogP contribution is -3.00. The van der Waals surface area contributed by atoms with Gasteiger partial charge in [-0.15, -0.1) is 0 Å². The third-order valence-electron chi connectivity index (χ3n) is 7.60. The van der Waals surface area contributed by atoms with E-state index in [4.69, 9.17) is 0 Å². The third-order valence-corrected chi connectivity index (χ3v) is 16.8. The minimum absolute atomic E-state index is 0. The van der Waals surface area contributed by atoms with Gasteiger partial charge in [0.05, 0.1) is 43.1 Å². The van der Waals surface area contributed by atoms with Crippen LogP contribution in [0.2, 0.25) is 0 Å². The summed E-state index contributed by atoms with van der Waals surface area (Å²) in [6, 6.07) is 0. The summed E-state index contributed by atoms with van der Waals surface area (Å²) in [6.07, 6.45) is 34.2. The zero-order chi connectivity index (χ0) is 25.3. The predicted octanol–water partition coefficient (Wildman–Crippen LogP) is 6.03. The molecule has 0 aliphatic heterocycles. The lowest BCUT2D eigenvalue weighted by atomic mass is 10.2. The van der Waals surface area contributed by atoms with Gasteiger partial charge >= 0.3 is 0 Å². The largest absolute Gasteiger partial charge is 1.00 e. The Morgan fingerprint density at radius 1 is 0.343 bits per heavy atom. The number of halogens is 2. The fourth-order valence-electron chi connectivity index (χ4n) is 4.98. The van der Waals surface area contributed by atoms with Gasteiger partial charge in [-0.1, -0.05) is 99.8 Å². The van der Waals surface area contributed by atoms with Crippen molar-refractivity contribution in [2.24, 2.45) is 0 Å². The van der Waals surface area contributed by atoms with E-state index in [1.165, 1.54) is 103 Å². The standard InChI is InChI=1S/C18H40P.C13H30P.BrH.ClH/c1-5-9-13-14-18-19(15-10-6-2,16-11-7-3)17-12-8-4;1-5-8-11-14(4,12-9-6-2)13-10-7-3;;/h5-18H2,1-4H3;5-13H2,1-4H3;2*1H/q2*+1;;/p-2. The molecule has 0 aliphatic rings. The molecule has 0 saturated heterocycles. The van der Waals surface area contributed by atoms with Gasteiger partial charge in [0.1, 0.15) is 0 Å². The molecule has 0 nitrogen and oxygen atoms in total. The van der Waals surface area contributed by atoms with Gasteiger partial charge in [-0.2, -0.15) is 0 Å². The van der Waals surface area contributed by atoms with Crippen LogP contribution in [0.1, 0.15) is 151 Å². The van der Waals surface area contributed by atoms with Crippen molar-refractivity contribution < 1.29 is 29.4 Å². The fraction of sp³-hybridized carbons (Fsp3) is 1.00. The second-order valence-corrected chi connectivity index (χ2v) is 20.3. The van der Waals surface area contributed by atoms with E-state index in [-0.39, 0.29) is 29.4 Å². The molecule has 4 heteroatoms. The first kappa shape index (κ1) is 43.7. The normalized spacial score (nSPS) is 11.3. The van der Waals surface area contributed by atoms with E-state index in [0.717, 1.165) is 0 Å². The highest BCUT2D eigenvalue weighted by atomic mass is 79.9. The highest BCUT2D eigenvalue weighted by Crippen LogP contribution is 2.61. The molecule has 0 fully saturated rings. The van der Waals surface area contributed by atoms with Crippen LogP contribution in [0.3, 0.4) is 0 Å². The summed E-state index contributed by atoms with van der Waals surface area (Å²) >= 11 is 0. The Balaban J connectivity index is -0.000000270. The predicted molar refractivity (Wildman–Crippen MR) is 167 cm³/mol. The lowest BCUT2D eigenvalue weighted by Gasteiger charge is -2.28. The van der Waals surface area contributed by atoms with Crippen LogP contribution < -0.4 is 29.4 Å². The van der Waals surface area contributed by atoms with Crippen molar-refractivity contribution in [3.05, 3.63) is 0 Å². The number of hydrogen-bond acceptors (Lipinski definition) is 0. The van der Waals surface area contributed by atoms with E-state index in [9.17, 15) is 0 Å². The van der Waals surface area contributed by atoms with Crippen LogP contribution in [-0.4, -0.2) is 49.8 Å². The first-order valence-corrected chi connectivity index (χ1v) is 20.9. The summed E-state index contributed by atoms with van der Waals surface area (Å²) in [6.45, 7) is 19.0. The molecule has 218 valence electrons. The van der Waals surface area contributed by atoms with Crippen LogP contribution in [0, 0.1) is 0 Å². The third kappa shape index (κ3) is 27.0. The van der Waals surface area contributed by atoms with E-state index < -0.39 is 14.5 Å². The molecule has 0 amide bonds. The molecular weight excluding hydrogens is 550 g/mol. The maximum absolute atomic E-state index is 2.62. The average molecular weight is 620 g/mol. The molecule has 0 aromatic heterocycles. The summed E-state index contributed by atoms with van der Waals surface area (Å²) in [5, 5.41) is 0. The molecule has 0 aromatic rings. The van der Waals surface area contributed by atoms with Gasteiger partial charge < -0.3 is 29.4 Å². The first-order chi connectivity index (χ1) is 15.9. The van der Waals surface area contributed by atoms with Crippen molar-refractivity contribution in [1.82, 2.24) is 0 Å². The SMILES string of the molecule is CCCCCC[P+](CCCC)(CCCC)CCCC.CCCC[P+](C)(CCCC)CCCC.[Br-].[Cl-]. The van der Waals surface area contributed by atoms with Crippen LogP contribution in [0.15, 0.2) is 0 Å². The Labute approximate surface area is 244 Å². The van der Waals surface area contributed by atoms with Crippen molar-refractivity contribution in [3.8, 4) is 0 Å². The molecule has 0 aliphatic carbocycles. The summed E-state index contributed by atoms with van der Waals surface area (Å²) in [7, 11) is -1.10. The van der Waals surface area contributed by atoms with Gasteiger partial charge in [0, 0.05) is 21.2 Å². The molecule has 35 heavy (non-hydrogen) atoms. The van der Waals surface area contributed by atoms with E-state index >= 15 is 0 Å². The van der Waals surface area contributed by atoms with E-state index in [1.807, 2.05) is 0 Å². The molecule has 0 heterocycles. The van der Waals surface area contributed by atoms with E-state index in [0.29, 0.717) is 0 Å².